The summed E-state index contributed by atoms with van der Waals surface area (Å²) in [5, 5.41) is 11.5. The Morgan fingerprint density at radius 3 is 2.71 bits per heavy atom. The summed E-state index contributed by atoms with van der Waals surface area (Å²) in [5.41, 5.74) is 0. The van der Waals surface area contributed by atoms with E-state index in [4.69, 9.17) is 0 Å². The van der Waals surface area contributed by atoms with Crippen LogP contribution in [0.25, 0.3) is 0 Å². The number of aryl methyl sites for hydroxylation is 1. The fourth-order valence-electron chi connectivity index (χ4n) is 2.95. The van der Waals surface area contributed by atoms with Crippen molar-refractivity contribution in [3.8, 4) is 0 Å². The first-order valence-corrected chi connectivity index (χ1v) is 6.85. The van der Waals surface area contributed by atoms with E-state index in [-0.39, 0.29) is 0 Å². The number of aromatic nitrogens is 3. The third-order valence-electron chi connectivity index (χ3n) is 3.96. The fourth-order valence-corrected chi connectivity index (χ4v) is 2.95. The summed E-state index contributed by atoms with van der Waals surface area (Å²) in [6, 6.07) is 0.708. The van der Waals surface area contributed by atoms with Gasteiger partial charge in [0, 0.05) is 18.8 Å². The Hall–Kier alpha value is -0.900. The van der Waals surface area contributed by atoms with Crippen molar-refractivity contribution in [3.05, 3.63) is 12.4 Å². The molecule has 0 aromatic carbocycles. The quantitative estimate of drug-likeness (QED) is 0.796. The van der Waals surface area contributed by atoms with Gasteiger partial charge in [-0.3, -0.25) is 4.68 Å². The maximum atomic E-state index is 3.97. The first-order valence-electron chi connectivity index (χ1n) is 6.85. The summed E-state index contributed by atoms with van der Waals surface area (Å²) in [6.07, 6.45) is 8.94. The molecule has 0 bridgehead atoms. The predicted octanol–water partition coefficient (Wildman–Crippen LogP) is 2.08. The number of rotatable bonds is 5. The molecule has 17 heavy (non-hydrogen) atoms. The van der Waals surface area contributed by atoms with Gasteiger partial charge in [0.2, 0.25) is 0 Å². The topological polar surface area (TPSA) is 42.7 Å². The molecule has 2 rings (SSSR count). The molecule has 0 saturated heterocycles. The largest absolute Gasteiger partial charge is 0.313 e. The lowest BCUT2D eigenvalue weighted by Gasteiger charge is -2.35. The Morgan fingerprint density at radius 2 is 2.06 bits per heavy atom. The van der Waals surface area contributed by atoms with Gasteiger partial charge in [-0.15, -0.1) is 5.10 Å². The molecule has 4 nitrogen and oxygen atoms in total. The third kappa shape index (κ3) is 3.53. The van der Waals surface area contributed by atoms with E-state index in [9.17, 15) is 0 Å². The number of hydrogen-bond donors (Lipinski definition) is 1. The van der Waals surface area contributed by atoms with Crippen LogP contribution < -0.4 is 5.32 Å². The van der Waals surface area contributed by atoms with Crippen LogP contribution in [0, 0.1) is 11.8 Å². The van der Waals surface area contributed by atoms with E-state index >= 15 is 0 Å². The highest BCUT2D eigenvalue weighted by Gasteiger charge is 2.26. The molecule has 1 heterocycles. The van der Waals surface area contributed by atoms with E-state index in [1.54, 1.807) is 6.20 Å². The monoisotopic (exact) mass is 236 g/mol. The molecular weight excluding hydrogens is 212 g/mol. The first kappa shape index (κ1) is 12.6. The van der Waals surface area contributed by atoms with Crippen LogP contribution in [0.4, 0.5) is 0 Å². The minimum atomic E-state index is 0.708. The van der Waals surface area contributed by atoms with Crippen LogP contribution in [0.1, 0.15) is 39.5 Å². The van der Waals surface area contributed by atoms with Gasteiger partial charge in [0.1, 0.15) is 0 Å². The van der Waals surface area contributed by atoms with Gasteiger partial charge in [-0.2, -0.15) is 0 Å². The van der Waals surface area contributed by atoms with Gasteiger partial charge < -0.3 is 5.32 Å². The van der Waals surface area contributed by atoms with Gasteiger partial charge in [0.25, 0.3) is 0 Å². The van der Waals surface area contributed by atoms with Gasteiger partial charge in [-0.05, 0) is 37.6 Å². The second-order valence-electron chi connectivity index (χ2n) is 5.39. The lowest BCUT2D eigenvalue weighted by molar-refractivity contribution is 0.208. The molecule has 1 fully saturated rings. The summed E-state index contributed by atoms with van der Waals surface area (Å²) < 4.78 is 1.90. The summed E-state index contributed by atoms with van der Waals surface area (Å²) in [4.78, 5) is 0. The standard InChI is InChI=1S/C13H24N4/c1-11-5-3-6-12(2)13(11)14-7-4-9-17-10-8-15-16-17/h8,10-14H,3-7,9H2,1-2H3. The lowest BCUT2D eigenvalue weighted by atomic mass is 9.79. The Labute approximate surface area is 104 Å². The highest BCUT2D eigenvalue weighted by Crippen LogP contribution is 2.28. The summed E-state index contributed by atoms with van der Waals surface area (Å²) in [5.74, 6) is 1.65. The van der Waals surface area contributed by atoms with Gasteiger partial charge in [-0.25, -0.2) is 0 Å². The summed E-state index contributed by atoms with van der Waals surface area (Å²) in [7, 11) is 0. The molecule has 0 spiro atoms. The smallest absolute Gasteiger partial charge is 0.0692 e. The van der Waals surface area contributed by atoms with Crippen molar-refractivity contribution < 1.29 is 0 Å². The van der Waals surface area contributed by atoms with Crippen molar-refractivity contribution in [1.29, 1.82) is 0 Å². The number of nitrogens with one attached hydrogen (secondary N) is 1. The SMILES string of the molecule is CC1CCCC(C)C1NCCCn1ccnn1. The molecule has 0 radical (unpaired) electrons. The van der Waals surface area contributed by atoms with Crippen LogP contribution in [-0.2, 0) is 6.54 Å². The molecule has 96 valence electrons. The predicted molar refractivity (Wildman–Crippen MR) is 68.6 cm³/mol. The highest BCUT2D eigenvalue weighted by molar-refractivity contribution is 4.83. The number of hydrogen-bond acceptors (Lipinski definition) is 3. The van der Waals surface area contributed by atoms with Gasteiger partial charge in [0.15, 0.2) is 0 Å². The molecule has 0 amide bonds. The van der Waals surface area contributed by atoms with Gasteiger partial charge in [0.05, 0.1) is 6.20 Å². The normalized spacial score (nSPS) is 29.4. The van der Waals surface area contributed by atoms with Gasteiger partial charge in [-0.1, -0.05) is 25.5 Å². The van der Waals surface area contributed by atoms with Crippen LogP contribution >= 0.6 is 0 Å². The van der Waals surface area contributed by atoms with E-state index in [1.165, 1.54) is 19.3 Å². The lowest BCUT2D eigenvalue weighted by Crippen LogP contribution is -2.43. The second kappa shape index (κ2) is 6.15. The maximum Gasteiger partial charge on any atom is 0.0692 e. The molecule has 2 atom stereocenters. The van der Waals surface area contributed by atoms with Gasteiger partial charge >= 0.3 is 0 Å². The molecule has 1 N–H and O–H groups in total. The van der Waals surface area contributed by atoms with Crippen molar-refractivity contribution in [2.24, 2.45) is 11.8 Å². The van der Waals surface area contributed by atoms with Crippen LogP contribution in [-0.4, -0.2) is 27.6 Å². The van der Waals surface area contributed by atoms with Crippen molar-refractivity contribution in [3.63, 3.8) is 0 Å². The number of nitrogens with zero attached hydrogens (tertiary/aromatic N) is 3. The van der Waals surface area contributed by atoms with Crippen LogP contribution in [0.3, 0.4) is 0 Å². The zero-order valence-corrected chi connectivity index (χ0v) is 11.0. The summed E-state index contributed by atoms with van der Waals surface area (Å²) in [6.45, 7) is 6.80. The first-order chi connectivity index (χ1) is 8.27. The molecular formula is C13H24N4. The minimum absolute atomic E-state index is 0.708. The molecule has 4 heteroatoms. The molecule has 2 unspecified atom stereocenters. The minimum Gasteiger partial charge on any atom is -0.313 e. The molecule has 0 aliphatic heterocycles. The third-order valence-corrected chi connectivity index (χ3v) is 3.96. The van der Waals surface area contributed by atoms with Crippen molar-refractivity contribution >= 4 is 0 Å². The van der Waals surface area contributed by atoms with Crippen molar-refractivity contribution in [2.45, 2.75) is 52.1 Å². The molecule has 1 aromatic rings. The maximum absolute atomic E-state index is 3.97. The average Bonchev–Trinajstić information content (AvgIpc) is 2.80. The molecule has 1 saturated carbocycles. The molecule has 1 aliphatic carbocycles. The van der Waals surface area contributed by atoms with Crippen LogP contribution in [0.15, 0.2) is 12.4 Å². The average molecular weight is 236 g/mol. The molecule has 1 aliphatic rings. The zero-order valence-electron chi connectivity index (χ0n) is 11.0. The summed E-state index contributed by atoms with van der Waals surface area (Å²) >= 11 is 0. The van der Waals surface area contributed by atoms with Crippen molar-refractivity contribution in [2.75, 3.05) is 6.54 Å². The van der Waals surface area contributed by atoms with E-state index in [1.807, 2.05) is 10.9 Å². The Morgan fingerprint density at radius 1 is 1.29 bits per heavy atom. The van der Waals surface area contributed by atoms with E-state index in [0.29, 0.717) is 6.04 Å². The Balaban J connectivity index is 1.67. The fraction of sp³-hybridized carbons (Fsp3) is 0.846. The Kier molecular flexibility index (Phi) is 4.54. The highest BCUT2D eigenvalue weighted by atomic mass is 15.4. The zero-order chi connectivity index (χ0) is 12.1. The van der Waals surface area contributed by atoms with E-state index in [0.717, 1.165) is 31.3 Å². The second-order valence-corrected chi connectivity index (χ2v) is 5.39. The van der Waals surface area contributed by atoms with Crippen molar-refractivity contribution in [1.82, 2.24) is 20.3 Å². The van der Waals surface area contributed by atoms with E-state index in [2.05, 4.69) is 29.5 Å². The Bertz CT molecular complexity index is 299. The van der Waals surface area contributed by atoms with Crippen LogP contribution in [0.2, 0.25) is 0 Å². The van der Waals surface area contributed by atoms with E-state index < -0.39 is 0 Å². The van der Waals surface area contributed by atoms with Crippen LogP contribution in [0.5, 0.6) is 0 Å². The molecule has 1 aromatic heterocycles.